The summed E-state index contributed by atoms with van der Waals surface area (Å²) in [4.78, 5) is 38.2. The highest BCUT2D eigenvalue weighted by atomic mass is 16.2. The van der Waals surface area contributed by atoms with Crippen LogP contribution >= 0.6 is 0 Å². The van der Waals surface area contributed by atoms with Crippen LogP contribution in [0.1, 0.15) is 20.8 Å². The second-order valence-electron chi connectivity index (χ2n) is 9.74. The minimum absolute atomic E-state index is 0.0813. The van der Waals surface area contributed by atoms with Crippen LogP contribution in [0.2, 0.25) is 0 Å². The van der Waals surface area contributed by atoms with Crippen molar-refractivity contribution < 1.29 is 4.79 Å². The Labute approximate surface area is 211 Å². The molecule has 0 saturated heterocycles. The van der Waals surface area contributed by atoms with Crippen LogP contribution in [0.15, 0.2) is 67.5 Å². The Bertz CT molecular complexity index is 1760. The van der Waals surface area contributed by atoms with Gasteiger partial charge in [0.05, 0.1) is 28.5 Å². The molecule has 3 N–H and O–H groups in total. The van der Waals surface area contributed by atoms with E-state index < -0.39 is 5.41 Å². The number of H-pyrrole nitrogens is 2. The molecule has 0 unspecified atom stereocenters. The first-order valence-electron chi connectivity index (χ1n) is 11.7. The van der Waals surface area contributed by atoms with Gasteiger partial charge in [-0.15, -0.1) is 0 Å². The molecule has 0 aliphatic heterocycles. The number of hydrogen-bond acceptors (Lipinski definition) is 7. The fraction of sp³-hybridized carbons (Fsp3) is 0.148. The molecule has 6 rings (SSSR count). The quantitative estimate of drug-likeness (QED) is 0.317. The van der Waals surface area contributed by atoms with Crippen LogP contribution in [-0.4, -0.2) is 46.0 Å². The number of carbonyl (C=O) groups excluding carboxylic acids is 1. The Kier molecular flexibility index (Phi) is 5.22. The molecule has 0 aliphatic carbocycles. The van der Waals surface area contributed by atoms with E-state index in [4.69, 9.17) is 4.98 Å². The van der Waals surface area contributed by atoms with Crippen LogP contribution in [0.5, 0.6) is 0 Å². The van der Waals surface area contributed by atoms with Gasteiger partial charge in [-0.05, 0) is 30.3 Å². The Morgan fingerprint density at radius 2 is 1.73 bits per heavy atom. The number of aromatic amines is 2. The zero-order chi connectivity index (χ0) is 25.6. The van der Waals surface area contributed by atoms with E-state index in [1.54, 1.807) is 37.2 Å². The van der Waals surface area contributed by atoms with Gasteiger partial charge in [-0.1, -0.05) is 20.8 Å². The summed E-state index contributed by atoms with van der Waals surface area (Å²) in [5, 5.41) is 11.2. The van der Waals surface area contributed by atoms with Crippen LogP contribution in [-0.2, 0) is 4.79 Å². The van der Waals surface area contributed by atoms with Gasteiger partial charge < -0.3 is 10.3 Å². The van der Waals surface area contributed by atoms with Gasteiger partial charge in [0.1, 0.15) is 11.2 Å². The minimum Gasteiger partial charge on any atom is -0.336 e. The summed E-state index contributed by atoms with van der Waals surface area (Å²) >= 11 is 0. The molecule has 6 heterocycles. The highest BCUT2D eigenvalue weighted by molar-refractivity contribution is 5.97. The molecule has 0 atom stereocenters. The first kappa shape index (κ1) is 22.5. The third-order valence-corrected chi connectivity index (χ3v) is 5.99. The van der Waals surface area contributed by atoms with Gasteiger partial charge in [0, 0.05) is 53.1 Å². The van der Waals surface area contributed by atoms with Crippen molar-refractivity contribution in [2.24, 2.45) is 5.41 Å². The maximum Gasteiger partial charge on any atom is 0.229 e. The highest BCUT2D eigenvalue weighted by Gasteiger charge is 2.21. The average molecular weight is 490 g/mol. The topological polar surface area (TPSA) is 138 Å². The molecule has 0 aliphatic rings. The average Bonchev–Trinajstić information content (AvgIpc) is 3.52. The lowest BCUT2D eigenvalue weighted by Gasteiger charge is -2.17. The summed E-state index contributed by atoms with van der Waals surface area (Å²) in [6, 6.07) is 9.58. The minimum atomic E-state index is -0.513. The van der Waals surface area contributed by atoms with Crippen LogP contribution in [0, 0.1) is 5.41 Å². The van der Waals surface area contributed by atoms with E-state index in [1.807, 2.05) is 51.1 Å². The molecule has 10 heteroatoms. The Hall–Kier alpha value is -4.99. The molecule has 10 nitrogen and oxygen atoms in total. The Balaban J connectivity index is 1.40. The summed E-state index contributed by atoms with van der Waals surface area (Å²) in [5.41, 5.74) is 6.24. The molecule has 37 heavy (non-hydrogen) atoms. The second kappa shape index (κ2) is 8.59. The lowest BCUT2D eigenvalue weighted by Crippen LogP contribution is -2.27. The number of rotatable bonds is 4. The number of hydrogen-bond donors (Lipinski definition) is 3. The molecule has 0 radical (unpaired) electrons. The molecule has 1 amide bonds. The second-order valence-corrected chi connectivity index (χ2v) is 9.74. The van der Waals surface area contributed by atoms with Gasteiger partial charge in [-0.3, -0.25) is 24.8 Å². The summed E-state index contributed by atoms with van der Waals surface area (Å²) in [7, 11) is 0. The SMILES string of the molecule is CC(C)(C)C(=O)Nc1cncc(-c2cnc3[nH]nc(-c4nc5c(-c6cccnc6)nccc5[nH]4)c3c2)c1. The van der Waals surface area contributed by atoms with E-state index in [9.17, 15) is 4.79 Å². The third kappa shape index (κ3) is 4.18. The molecule has 182 valence electrons. The normalized spacial score (nSPS) is 11.8. The zero-order valence-electron chi connectivity index (χ0n) is 20.4. The summed E-state index contributed by atoms with van der Waals surface area (Å²) in [5.74, 6) is 0.518. The van der Waals surface area contributed by atoms with Crippen molar-refractivity contribution in [1.29, 1.82) is 0 Å². The molecule has 6 aromatic heterocycles. The smallest absolute Gasteiger partial charge is 0.229 e. The van der Waals surface area contributed by atoms with E-state index in [0.717, 1.165) is 38.8 Å². The number of aromatic nitrogens is 8. The lowest BCUT2D eigenvalue weighted by atomic mass is 9.95. The van der Waals surface area contributed by atoms with E-state index >= 15 is 0 Å². The van der Waals surface area contributed by atoms with Crippen molar-refractivity contribution in [1.82, 2.24) is 40.1 Å². The first-order chi connectivity index (χ1) is 17.9. The van der Waals surface area contributed by atoms with Gasteiger partial charge in [-0.2, -0.15) is 5.10 Å². The van der Waals surface area contributed by atoms with E-state index in [-0.39, 0.29) is 5.91 Å². The van der Waals surface area contributed by atoms with Crippen molar-refractivity contribution in [2.75, 3.05) is 5.32 Å². The molecule has 0 aromatic carbocycles. The summed E-state index contributed by atoms with van der Waals surface area (Å²) in [6.07, 6.45) is 10.4. The number of carbonyl (C=O) groups is 1. The van der Waals surface area contributed by atoms with Crippen LogP contribution in [0.4, 0.5) is 5.69 Å². The summed E-state index contributed by atoms with van der Waals surface area (Å²) in [6.45, 7) is 5.60. The predicted molar refractivity (Wildman–Crippen MR) is 141 cm³/mol. The van der Waals surface area contributed by atoms with Gasteiger partial charge in [0.15, 0.2) is 11.5 Å². The van der Waals surface area contributed by atoms with Crippen molar-refractivity contribution >= 4 is 33.7 Å². The van der Waals surface area contributed by atoms with Gasteiger partial charge in [0.2, 0.25) is 5.91 Å². The molecule has 0 spiro atoms. The number of nitrogens with zero attached hydrogens (tertiary/aromatic N) is 6. The van der Waals surface area contributed by atoms with Gasteiger partial charge in [-0.25, -0.2) is 9.97 Å². The zero-order valence-corrected chi connectivity index (χ0v) is 20.4. The van der Waals surface area contributed by atoms with Crippen molar-refractivity contribution in [2.45, 2.75) is 20.8 Å². The number of fused-ring (bicyclic) bond motifs is 2. The fourth-order valence-electron chi connectivity index (χ4n) is 3.99. The Morgan fingerprint density at radius 1 is 0.892 bits per heavy atom. The van der Waals surface area contributed by atoms with Crippen LogP contribution in [0.3, 0.4) is 0 Å². The maximum absolute atomic E-state index is 12.4. The lowest BCUT2D eigenvalue weighted by molar-refractivity contribution is -0.123. The third-order valence-electron chi connectivity index (χ3n) is 5.99. The summed E-state index contributed by atoms with van der Waals surface area (Å²) < 4.78 is 0. The first-order valence-corrected chi connectivity index (χ1v) is 11.7. The maximum atomic E-state index is 12.4. The van der Waals surface area contributed by atoms with E-state index in [2.05, 4.69) is 40.4 Å². The largest absolute Gasteiger partial charge is 0.336 e. The number of nitrogens with one attached hydrogen (secondary N) is 3. The molecular formula is C27H23N9O. The number of anilines is 1. The van der Waals surface area contributed by atoms with Crippen molar-refractivity contribution in [3.05, 3.63) is 67.5 Å². The highest BCUT2D eigenvalue weighted by Crippen LogP contribution is 2.32. The molecule has 0 saturated carbocycles. The van der Waals surface area contributed by atoms with Crippen molar-refractivity contribution in [3.63, 3.8) is 0 Å². The predicted octanol–water partition coefficient (Wildman–Crippen LogP) is 5.00. The standard InChI is InChI=1S/C27H23N9O/c1-27(2,3)26(37)32-18-9-16(12-29-14-18)17-10-19-22(35-36-24(19)31-13-17)25-33-20-6-8-30-21(23(20)34-25)15-5-4-7-28-11-15/h4-14H,1-3H3,(H,32,37)(H,33,34)(H,31,35,36). The van der Waals surface area contributed by atoms with E-state index in [0.29, 0.717) is 22.9 Å². The van der Waals surface area contributed by atoms with Gasteiger partial charge >= 0.3 is 0 Å². The van der Waals surface area contributed by atoms with Crippen LogP contribution in [0.25, 0.3) is 56.0 Å². The Morgan fingerprint density at radius 3 is 2.54 bits per heavy atom. The molecule has 6 aromatic rings. The van der Waals surface area contributed by atoms with E-state index in [1.165, 1.54) is 0 Å². The monoisotopic (exact) mass is 489 g/mol. The molecule has 0 bridgehead atoms. The number of amides is 1. The number of pyridine rings is 4. The van der Waals surface area contributed by atoms with Gasteiger partial charge in [0.25, 0.3) is 0 Å². The number of imidazole rings is 1. The van der Waals surface area contributed by atoms with Crippen LogP contribution < -0.4 is 5.32 Å². The molecule has 0 fully saturated rings. The fourth-order valence-corrected chi connectivity index (χ4v) is 3.99. The molecular weight excluding hydrogens is 466 g/mol. The van der Waals surface area contributed by atoms with Crippen molar-refractivity contribution in [3.8, 4) is 33.9 Å².